The average Bonchev–Trinajstić information content (AvgIpc) is 3.31. The number of phosphoric acid groups is 1. The van der Waals surface area contributed by atoms with Gasteiger partial charge in [0.1, 0.15) is 30.2 Å². The fourth-order valence-corrected chi connectivity index (χ4v) is 3.84. The highest BCUT2D eigenvalue weighted by Gasteiger charge is 2.45. The zero-order chi connectivity index (χ0) is 23.9. The molecule has 0 saturated carbocycles. The van der Waals surface area contributed by atoms with Crippen LogP contribution in [0.25, 0.3) is 11.2 Å². The molecule has 1 aliphatic rings. The Morgan fingerprint density at radius 2 is 1.97 bits per heavy atom. The molecule has 0 radical (unpaired) electrons. The number of anilines is 1. The van der Waals surface area contributed by atoms with Crippen molar-refractivity contribution in [2.24, 2.45) is 0 Å². The fraction of sp³-hybridized carbons (Fsp3) is 0.294. The van der Waals surface area contributed by atoms with E-state index >= 15 is 0 Å². The molecule has 1 saturated heterocycles. The number of aliphatic hydroxyl groups is 2. The van der Waals surface area contributed by atoms with Crippen molar-refractivity contribution in [2.45, 2.75) is 24.5 Å². The van der Waals surface area contributed by atoms with E-state index in [1.807, 2.05) is 0 Å². The first-order chi connectivity index (χ1) is 15.6. The van der Waals surface area contributed by atoms with Gasteiger partial charge in [-0.15, -0.1) is 0 Å². The third kappa shape index (κ3) is 4.45. The lowest BCUT2D eigenvalue weighted by atomic mass is 10.1. The molecule has 15 nitrogen and oxygen atoms in total. The van der Waals surface area contributed by atoms with Crippen molar-refractivity contribution < 1.29 is 48.5 Å². The summed E-state index contributed by atoms with van der Waals surface area (Å²) >= 11 is 0. The predicted octanol–water partition coefficient (Wildman–Crippen LogP) is -1.22. The molecule has 0 amide bonds. The summed E-state index contributed by atoms with van der Waals surface area (Å²) in [6.07, 6.45) is -3.20. The van der Waals surface area contributed by atoms with E-state index in [9.17, 15) is 34.7 Å². The summed E-state index contributed by atoms with van der Waals surface area (Å²) in [6, 6.07) is 2.78. The molecule has 1 aromatic carbocycles. The van der Waals surface area contributed by atoms with Gasteiger partial charge in [-0.25, -0.2) is 19.7 Å². The van der Waals surface area contributed by atoms with Gasteiger partial charge in [-0.1, -0.05) is 0 Å². The van der Waals surface area contributed by atoms with Gasteiger partial charge in [0.2, 0.25) is 0 Å². The summed E-state index contributed by atoms with van der Waals surface area (Å²) < 4.78 is 27.8. The van der Waals surface area contributed by atoms with Crippen molar-refractivity contribution in [1.29, 1.82) is 0 Å². The number of aliphatic hydroxyl groups excluding tert-OH is 2. The minimum Gasteiger partial charge on any atom is -0.746 e. The van der Waals surface area contributed by atoms with Crippen molar-refractivity contribution in [3.63, 3.8) is 0 Å². The van der Waals surface area contributed by atoms with Crippen LogP contribution in [0.4, 0.5) is 5.82 Å². The Morgan fingerprint density at radius 3 is 2.70 bits per heavy atom. The lowest BCUT2D eigenvalue weighted by molar-refractivity contribution is -0.222. The Morgan fingerprint density at radius 1 is 1.21 bits per heavy atom. The van der Waals surface area contributed by atoms with E-state index < -0.39 is 56.4 Å². The first-order valence-corrected chi connectivity index (χ1v) is 10.7. The summed E-state index contributed by atoms with van der Waals surface area (Å²) in [5.41, 5.74) is 5.79. The fourth-order valence-electron chi connectivity index (χ4n) is 3.15. The second-order valence-corrected chi connectivity index (χ2v) is 8.29. The zero-order valence-corrected chi connectivity index (χ0v) is 17.3. The summed E-state index contributed by atoms with van der Waals surface area (Å²) in [7, 11) is -5.24. The maximum absolute atomic E-state index is 12.0. The van der Waals surface area contributed by atoms with E-state index in [1.54, 1.807) is 0 Å². The molecular weight excluding hydrogens is 465 g/mol. The number of phosphoric ester groups is 1. The van der Waals surface area contributed by atoms with Crippen LogP contribution in [-0.2, 0) is 18.3 Å². The number of nitrogens with zero attached hydrogens (tertiary/aromatic N) is 4. The van der Waals surface area contributed by atoms with E-state index in [1.165, 1.54) is 17.2 Å². The Hall–Kier alpha value is -3.33. The molecule has 0 spiro atoms. The number of nitrogen functional groups attached to an aromatic ring is 1. The molecule has 16 heteroatoms. The molecule has 176 valence electrons. The van der Waals surface area contributed by atoms with Crippen LogP contribution < -0.4 is 10.6 Å². The van der Waals surface area contributed by atoms with Crippen LogP contribution in [0, 0.1) is 0 Å². The van der Waals surface area contributed by atoms with Gasteiger partial charge in [-0.2, -0.15) is 0 Å². The summed E-state index contributed by atoms with van der Waals surface area (Å²) in [4.78, 5) is 35.8. The van der Waals surface area contributed by atoms with Crippen LogP contribution >= 0.6 is 7.82 Å². The molecule has 3 heterocycles. The number of hydrogen-bond acceptors (Lipinski definition) is 14. The maximum Gasteiger partial charge on any atom is 0.344 e. The smallest absolute Gasteiger partial charge is 0.344 e. The monoisotopic (exact) mass is 482 g/mol. The Labute approximate surface area is 184 Å². The second kappa shape index (κ2) is 8.55. The molecule has 2 aromatic heterocycles. The van der Waals surface area contributed by atoms with Crippen molar-refractivity contribution in [2.75, 3.05) is 12.3 Å². The number of phenols is 2. The van der Waals surface area contributed by atoms with E-state index in [0.29, 0.717) is 0 Å². The van der Waals surface area contributed by atoms with Crippen molar-refractivity contribution >= 4 is 30.8 Å². The van der Waals surface area contributed by atoms with Crippen molar-refractivity contribution in [3.8, 4) is 11.5 Å². The van der Waals surface area contributed by atoms with E-state index in [2.05, 4.69) is 24.0 Å². The first-order valence-electron chi connectivity index (χ1n) is 9.23. The molecule has 1 fully saturated rings. The second-order valence-electron chi connectivity index (χ2n) is 6.95. The molecule has 33 heavy (non-hydrogen) atoms. The highest BCUT2D eigenvalue weighted by molar-refractivity contribution is 7.46. The minimum atomic E-state index is -5.24. The molecule has 6 N–H and O–H groups in total. The van der Waals surface area contributed by atoms with E-state index in [-0.39, 0.29) is 22.5 Å². The third-order valence-corrected chi connectivity index (χ3v) is 5.66. The number of fused-ring (bicyclic) bond motifs is 1. The largest absolute Gasteiger partial charge is 0.746 e. The van der Waals surface area contributed by atoms with Gasteiger partial charge < -0.3 is 44.8 Å². The molecule has 1 unspecified atom stereocenters. The molecule has 4 rings (SSSR count). The zero-order valence-electron chi connectivity index (χ0n) is 16.5. The number of ether oxygens (including phenoxy) is 1. The van der Waals surface area contributed by atoms with E-state index in [0.717, 1.165) is 18.2 Å². The molecule has 3 aromatic rings. The number of benzene rings is 1. The molecule has 0 aliphatic carbocycles. The summed E-state index contributed by atoms with van der Waals surface area (Å²) in [5.74, 6) is -2.47. The molecular formula is C17H17N5O10P-. The highest BCUT2D eigenvalue weighted by atomic mass is 31.2. The van der Waals surface area contributed by atoms with Crippen molar-refractivity contribution in [1.82, 2.24) is 19.5 Å². The number of aromatic hydroxyl groups is 2. The normalized spacial score (nSPS) is 24.6. The van der Waals surface area contributed by atoms with Crippen LogP contribution in [-0.4, -0.2) is 70.8 Å². The Bertz CT molecular complexity index is 1250. The van der Waals surface area contributed by atoms with Gasteiger partial charge in [0.25, 0.3) is 0 Å². The lowest BCUT2D eigenvalue weighted by Gasteiger charge is -2.24. The molecule has 0 bridgehead atoms. The SMILES string of the molecule is Nc1ncnc2c1ncn2[C@@H]1O[C@H](COP(=O)([O-])OC(=O)c2ccc(O)c(O)c2)[C@@H](O)[C@H]1O. The maximum atomic E-state index is 12.0. The van der Waals surface area contributed by atoms with Gasteiger partial charge in [-0.05, 0) is 18.2 Å². The van der Waals surface area contributed by atoms with Crippen LogP contribution in [0.15, 0.2) is 30.9 Å². The predicted molar refractivity (Wildman–Crippen MR) is 104 cm³/mol. The Balaban J connectivity index is 1.42. The van der Waals surface area contributed by atoms with Crippen LogP contribution in [0.3, 0.4) is 0 Å². The van der Waals surface area contributed by atoms with Crippen LogP contribution in [0.5, 0.6) is 11.5 Å². The topological polar surface area (TPSA) is 235 Å². The van der Waals surface area contributed by atoms with Crippen LogP contribution in [0.2, 0.25) is 0 Å². The van der Waals surface area contributed by atoms with Gasteiger partial charge in [0.05, 0.1) is 18.5 Å². The first kappa shape index (κ1) is 22.8. The summed E-state index contributed by atoms with van der Waals surface area (Å²) in [5, 5.41) is 39.3. The van der Waals surface area contributed by atoms with Gasteiger partial charge >= 0.3 is 13.8 Å². The number of rotatable bonds is 6. The third-order valence-electron chi connectivity index (χ3n) is 4.80. The number of aromatic nitrogens is 4. The Kier molecular flexibility index (Phi) is 5.92. The van der Waals surface area contributed by atoms with Gasteiger partial charge in [0, 0.05) is 0 Å². The minimum absolute atomic E-state index is 0.0859. The number of hydrogen-bond donors (Lipinski definition) is 5. The number of carbonyl (C=O) groups is 1. The lowest BCUT2D eigenvalue weighted by Crippen LogP contribution is -2.34. The quantitative estimate of drug-likeness (QED) is 0.205. The van der Waals surface area contributed by atoms with Crippen molar-refractivity contribution in [3.05, 3.63) is 36.4 Å². The highest BCUT2D eigenvalue weighted by Crippen LogP contribution is 2.41. The van der Waals surface area contributed by atoms with Crippen LogP contribution in [0.1, 0.15) is 16.6 Å². The number of imidazole rings is 1. The van der Waals surface area contributed by atoms with Gasteiger partial charge in [0.15, 0.2) is 29.2 Å². The number of carbonyl (C=O) groups excluding carboxylic acids is 1. The number of nitrogens with two attached hydrogens (primary N) is 1. The van der Waals surface area contributed by atoms with Gasteiger partial charge in [-0.3, -0.25) is 9.13 Å². The standard InChI is InChI=1S/C17H18N5O10P/c18-14-11-15(20-5-19-14)22(6-21-11)16-13(26)12(25)10(31-16)4-30-33(28,29)32-17(27)7-1-2-8(23)9(24)3-7/h1-3,5-6,10,12-13,16,23-26H,4H2,(H,28,29)(H2,18,19,20)/p-1/t10-,12-,13-,16-/m1/s1. The summed E-state index contributed by atoms with van der Waals surface area (Å²) in [6.45, 7) is -0.798. The number of phenolic OH excluding ortho intramolecular Hbond substituents is 2. The molecule has 5 atom stereocenters. The van der Waals surface area contributed by atoms with E-state index in [4.69, 9.17) is 10.5 Å². The average molecular weight is 482 g/mol. The molecule has 1 aliphatic heterocycles.